The molecule has 3 aromatic rings. The normalized spacial score (nSPS) is 15.1. The Morgan fingerprint density at radius 3 is 2.52 bits per heavy atom. The second-order valence-electron chi connectivity index (χ2n) is 6.95. The number of aromatic nitrogens is 1. The summed E-state index contributed by atoms with van der Waals surface area (Å²) in [4.78, 5) is 13.0. The number of aryl methyl sites for hydroxylation is 1. The number of nitrogens with one attached hydrogen (secondary N) is 1. The summed E-state index contributed by atoms with van der Waals surface area (Å²) in [6.07, 6.45) is 1.67. The fraction of sp³-hybridized carbons (Fsp3) is 0.250. The summed E-state index contributed by atoms with van der Waals surface area (Å²) in [7, 11) is -1.88. The van der Waals surface area contributed by atoms with Crippen LogP contribution in [-0.2, 0) is 17.1 Å². The van der Waals surface area contributed by atoms with Gasteiger partial charge in [0.2, 0.25) is 10.0 Å². The third-order valence-corrected chi connectivity index (χ3v) is 8.32. The van der Waals surface area contributed by atoms with Gasteiger partial charge in [-0.15, -0.1) is 0 Å². The average Bonchev–Trinajstić information content (AvgIpc) is 3.32. The number of fused-ring (bicyclic) bond motifs is 1. The van der Waals surface area contributed by atoms with Crippen molar-refractivity contribution in [2.75, 3.05) is 18.4 Å². The van der Waals surface area contributed by atoms with Crippen molar-refractivity contribution in [3.63, 3.8) is 0 Å². The van der Waals surface area contributed by atoms with Crippen LogP contribution in [0, 0.1) is 0 Å². The number of anilines is 1. The van der Waals surface area contributed by atoms with Crippen LogP contribution in [0.4, 0.5) is 5.69 Å². The lowest BCUT2D eigenvalue weighted by Gasteiger charge is -2.17. The molecule has 9 heteroatoms. The van der Waals surface area contributed by atoms with E-state index in [0.717, 1.165) is 23.7 Å². The van der Waals surface area contributed by atoms with Crippen LogP contribution in [0.5, 0.6) is 0 Å². The van der Waals surface area contributed by atoms with E-state index in [1.165, 1.54) is 16.4 Å². The summed E-state index contributed by atoms with van der Waals surface area (Å²) < 4.78 is 29.7. The van der Waals surface area contributed by atoms with Gasteiger partial charge in [-0.3, -0.25) is 4.79 Å². The Bertz CT molecular complexity index is 1180. The van der Waals surface area contributed by atoms with E-state index in [9.17, 15) is 13.2 Å². The van der Waals surface area contributed by atoms with Crippen molar-refractivity contribution in [3.8, 4) is 0 Å². The first-order chi connectivity index (χ1) is 13.8. The Morgan fingerprint density at radius 2 is 1.83 bits per heavy atom. The van der Waals surface area contributed by atoms with Gasteiger partial charge in [0, 0.05) is 36.7 Å². The van der Waals surface area contributed by atoms with Crippen LogP contribution >= 0.6 is 27.5 Å². The highest BCUT2D eigenvalue weighted by atomic mass is 79.9. The van der Waals surface area contributed by atoms with Gasteiger partial charge < -0.3 is 9.88 Å². The Morgan fingerprint density at radius 1 is 1.14 bits per heavy atom. The molecule has 1 amide bonds. The van der Waals surface area contributed by atoms with Crippen LogP contribution in [0.25, 0.3) is 10.9 Å². The SMILES string of the molecule is Cn1c(C(=O)Nc2ccc(Cl)c(S(=O)(=O)N3CCCC3)c2)c(Br)c2ccccc21. The van der Waals surface area contributed by atoms with E-state index < -0.39 is 10.0 Å². The Labute approximate surface area is 182 Å². The van der Waals surface area contributed by atoms with Gasteiger partial charge in [-0.05, 0) is 53.0 Å². The number of amides is 1. The van der Waals surface area contributed by atoms with Crippen molar-refractivity contribution in [1.29, 1.82) is 0 Å². The maximum Gasteiger partial charge on any atom is 0.273 e. The number of sulfonamides is 1. The predicted octanol–water partition coefficient (Wildman–Crippen LogP) is 4.63. The van der Waals surface area contributed by atoms with E-state index in [2.05, 4.69) is 21.2 Å². The van der Waals surface area contributed by atoms with Gasteiger partial charge >= 0.3 is 0 Å². The molecule has 1 aromatic heterocycles. The Hall–Kier alpha value is -1.87. The fourth-order valence-corrected chi connectivity index (χ4v) is 6.43. The highest BCUT2D eigenvalue weighted by Gasteiger charge is 2.29. The van der Waals surface area contributed by atoms with Crippen LogP contribution in [0.15, 0.2) is 51.8 Å². The van der Waals surface area contributed by atoms with E-state index in [0.29, 0.717) is 28.9 Å². The molecule has 1 N–H and O–H groups in total. The topological polar surface area (TPSA) is 71.4 Å². The smallest absolute Gasteiger partial charge is 0.273 e. The molecular weight excluding hydrogens is 478 g/mol. The van der Waals surface area contributed by atoms with Crippen LogP contribution in [-0.4, -0.2) is 36.3 Å². The van der Waals surface area contributed by atoms with E-state index in [1.54, 1.807) is 10.6 Å². The molecule has 0 aliphatic carbocycles. The highest BCUT2D eigenvalue weighted by Crippen LogP contribution is 2.32. The molecule has 2 heterocycles. The van der Waals surface area contributed by atoms with E-state index in [4.69, 9.17) is 11.6 Å². The first kappa shape index (κ1) is 20.4. The second-order valence-corrected chi connectivity index (χ2v) is 10.1. The molecule has 0 unspecified atom stereocenters. The number of halogens is 2. The van der Waals surface area contributed by atoms with E-state index >= 15 is 0 Å². The summed E-state index contributed by atoms with van der Waals surface area (Å²) in [5.74, 6) is -0.345. The fourth-order valence-electron chi connectivity index (χ4n) is 3.64. The van der Waals surface area contributed by atoms with Gasteiger partial charge in [-0.1, -0.05) is 29.8 Å². The molecule has 0 bridgehead atoms. The van der Waals surface area contributed by atoms with Crippen molar-refractivity contribution in [3.05, 3.63) is 57.7 Å². The quantitative estimate of drug-likeness (QED) is 0.572. The van der Waals surface area contributed by atoms with E-state index in [1.807, 2.05) is 31.3 Å². The van der Waals surface area contributed by atoms with Crippen molar-refractivity contribution >= 4 is 60.1 Å². The molecular formula is C20H19BrClN3O3S. The summed E-state index contributed by atoms with van der Waals surface area (Å²) in [5.41, 5.74) is 1.73. The molecule has 0 radical (unpaired) electrons. The van der Waals surface area contributed by atoms with E-state index in [-0.39, 0.29) is 15.8 Å². The first-order valence-electron chi connectivity index (χ1n) is 9.14. The minimum absolute atomic E-state index is 0.00924. The molecule has 1 aliphatic heterocycles. The third kappa shape index (κ3) is 3.59. The lowest BCUT2D eigenvalue weighted by atomic mass is 10.2. The molecule has 6 nitrogen and oxygen atoms in total. The van der Waals surface area contributed by atoms with Gasteiger partial charge in [0.15, 0.2) is 0 Å². The molecule has 4 rings (SSSR count). The van der Waals surface area contributed by atoms with Crippen LogP contribution < -0.4 is 5.32 Å². The molecule has 29 heavy (non-hydrogen) atoms. The van der Waals surface area contributed by atoms with Crippen LogP contribution in [0.1, 0.15) is 23.3 Å². The number of para-hydroxylation sites is 1. The lowest BCUT2D eigenvalue weighted by Crippen LogP contribution is -2.28. The van der Waals surface area contributed by atoms with Crippen molar-refractivity contribution in [2.24, 2.45) is 7.05 Å². The van der Waals surface area contributed by atoms with Crippen LogP contribution in [0.3, 0.4) is 0 Å². The van der Waals surface area contributed by atoms with Crippen molar-refractivity contribution in [1.82, 2.24) is 8.87 Å². The highest BCUT2D eigenvalue weighted by molar-refractivity contribution is 9.10. The molecule has 0 saturated carbocycles. The summed E-state index contributed by atoms with van der Waals surface area (Å²) in [5, 5.41) is 3.86. The van der Waals surface area contributed by atoms with Gasteiger partial charge in [-0.2, -0.15) is 4.31 Å². The maximum atomic E-state index is 13.0. The molecule has 0 atom stereocenters. The minimum Gasteiger partial charge on any atom is -0.339 e. The van der Waals surface area contributed by atoms with Gasteiger partial charge in [-0.25, -0.2) is 8.42 Å². The van der Waals surface area contributed by atoms with Gasteiger partial charge in [0.05, 0.1) is 9.50 Å². The second kappa shape index (κ2) is 7.75. The Kier molecular flexibility index (Phi) is 5.46. The van der Waals surface area contributed by atoms with Gasteiger partial charge in [0.25, 0.3) is 5.91 Å². The maximum absolute atomic E-state index is 13.0. The lowest BCUT2D eigenvalue weighted by molar-refractivity contribution is 0.101. The first-order valence-corrected chi connectivity index (χ1v) is 11.8. The molecule has 152 valence electrons. The van der Waals surface area contributed by atoms with Crippen LogP contribution in [0.2, 0.25) is 5.02 Å². The number of hydrogen-bond acceptors (Lipinski definition) is 3. The molecule has 1 saturated heterocycles. The Balaban J connectivity index is 1.68. The number of carbonyl (C=O) groups is 1. The molecule has 2 aromatic carbocycles. The summed E-state index contributed by atoms with van der Waals surface area (Å²) in [6, 6.07) is 12.2. The number of rotatable bonds is 4. The summed E-state index contributed by atoms with van der Waals surface area (Å²) in [6.45, 7) is 0.969. The minimum atomic E-state index is -3.69. The summed E-state index contributed by atoms with van der Waals surface area (Å²) >= 11 is 9.70. The largest absolute Gasteiger partial charge is 0.339 e. The van der Waals surface area contributed by atoms with Gasteiger partial charge in [0.1, 0.15) is 10.6 Å². The average molecular weight is 497 g/mol. The standard InChI is InChI=1S/C20H19BrClN3O3S/c1-24-16-7-3-2-6-14(16)18(21)19(24)20(26)23-13-8-9-15(22)17(12-13)29(27,28)25-10-4-5-11-25/h2-3,6-9,12H,4-5,10-11H2,1H3,(H,23,26). The number of benzene rings is 2. The third-order valence-electron chi connectivity index (χ3n) is 5.13. The van der Waals surface area contributed by atoms with Crippen molar-refractivity contribution in [2.45, 2.75) is 17.7 Å². The number of carbonyl (C=O) groups excluding carboxylic acids is 1. The number of nitrogens with zero attached hydrogens (tertiary/aromatic N) is 2. The number of hydrogen-bond donors (Lipinski definition) is 1. The molecule has 0 spiro atoms. The monoisotopic (exact) mass is 495 g/mol. The molecule has 1 aliphatic rings. The molecule has 1 fully saturated rings. The zero-order valence-corrected chi connectivity index (χ0v) is 18.8. The predicted molar refractivity (Wildman–Crippen MR) is 118 cm³/mol. The zero-order valence-electron chi connectivity index (χ0n) is 15.7. The zero-order chi connectivity index (χ0) is 20.8. The van der Waals surface area contributed by atoms with Crippen molar-refractivity contribution < 1.29 is 13.2 Å².